The molecule has 1 unspecified atom stereocenters. The summed E-state index contributed by atoms with van der Waals surface area (Å²) < 4.78 is 10.3. The van der Waals surface area contributed by atoms with Crippen molar-refractivity contribution in [3.63, 3.8) is 0 Å². The lowest BCUT2D eigenvalue weighted by molar-refractivity contribution is -0.137. The van der Waals surface area contributed by atoms with Crippen molar-refractivity contribution in [1.29, 1.82) is 0 Å². The van der Waals surface area contributed by atoms with Gasteiger partial charge in [-0.1, -0.05) is 0 Å². The summed E-state index contributed by atoms with van der Waals surface area (Å²) in [6, 6.07) is 2.04. The van der Waals surface area contributed by atoms with E-state index in [1.807, 2.05) is 0 Å². The van der Waals surface area contributed by atoms with Gasteiger partial charge in [-0.25, -0.2) is 4.79 Å². The Morgan fingerprint density at radius 1 is 1.25 bits per heavy atom. The minimum Gasteiger partial charge on any atom is -0.493 e. The molecule has 7 nitrogen and oxygen atoms in total. The van der Waals surface area contributed by atoms with Crippen LogP contribution in [0.4, 0.5) is 0 Å². The van der Waals surface area contributed by atoms with Gasteiger partial charge in [-0.15, -0.1) is 0 Å². The number of carboxylic acids is 2. The number of ether oxygens (including phenoxy) is 2. The second-order valence-corrected chi connectivity index (χ2v) is 4.15. The number of carbonyl (C=O) groups is 2. The fourth-order valence-corrected chi connectivity index (χ4v) is 1.83. The van der Waals surface area contributed by atoms with Gasteiger partial charge in [-0.3, -0.25) is 4.79 Å². The van der Waals surface area contributed by atoms with Crippen molar-refractivity contribution in [3.05, 3.63) is 23.3 Å². The zero-order chi connectivity index (χ0) is 15.3. The van der Waals surface area contributed by atoms with Gasteiger partial charge in [0.05, 0.1) is 19.8 Å². The maximum Gasteiger partial charge on any atom is 0.335 e. The molecular weight excluding hydrogens is 266 g/mol. The molecule has 4 N–H and O–H groups in total. The number of aliphatic carboxylic acids is 1. The zero-order valence-electron chi connectivity index (χ0n) is 11.3. The standard InChI is InChI=1S/C13H17NO6/c1-19-10-6-7(13(17)18)5-8(12(10)20-2)9(14)3-4-11(15)16/h5-6,9H,3-4,14H2,1-2H3,(H,15,16)(H,17,18). The van der Waals surface area contributed by atoms with Gasteiger partial charge >= 0.3 is 11.9 Å². The Balaban J connectivity index is 3.23. The highest BCUT2D eigenvalue weighted by Crippen LogP contribution is 2.36. The third-order valence-corrected chi connectivity index (χ3v) is 2.82. The van der Waals surface area contributed by atoms with Crippen LogP contribution in [-0.4, -0.2) is 36.4 Å². The van der Waals surface area contributed by atoms with Crippen LogP contribution in [-0.2, 0) is 4.79 Å². The predicted molar refractivity (Wildman–Crippen MR) is 70.3 cm³/mol. The van der Waals surface area contributed by atoms with Crippen LogP contribution in [0.2, 0.25) is 0 Å². The Morgan fingerprint density at radius 2 is 1.90 bits per heavy atom. The highest BCUT2D eigenvalue weighted by Gasteiger charge is 2.20. The molecule has 20 heavy (non-hydrogen) atoms. The van der Waals surface area contributed by atoms with E-state index in [0.717, 1.165) is 0 Å². The van der Waals surface area contributed by atoms with Gasteiger partial charge in [0.1, 0.15) is 0 Å². The van der Waals surface area contributed by atoms with E-state index in [1.54, 1.807) is 0 Å². The Labute approximate surface area is 115 Å². The number of hydrogen-bond donors (Lipinski definition) is 3. The first kappa shape index (κ1) is 15.8. The lowest BCUT2D eigenvalue weighted by Gasteiger charge is -2.18. The van der Waals surface area contributed by atoms with Crippen molar-refractivity contribution in [2.45, 2.75) is 18.9 Å². The second kappa shape index (κ2) is 6.76. The molecule has 7 heteroatoms. The summed E-state index contributed by atoms with van der Waals surface area (Å²) in [7, 11) is 2.79. The van der Waals surface area contributed by atoms with Gasteiger partial charge in [0, 0.05) is 18.0 Å². The minimum absolute atomic E-state index is 0.00317. The van der Waals surface area contributed by atoms with E-state index in [9.17, 15) is 9.59 Å². The molecular formula is C13H17NO6. The number of aromatic carboxylic acids is 1. The van der Waals surface area contributed by atoms with Crippen LogP contribution < -0.4 is 15.2 Å². The van der Waals surface area contributed by atoms with Crippen LogP contribution in [0.25, 0.3) is 0 Å². The Kier molecular flexibility index (Phi) is 5.33. The van der Waals surface area contributed by atoms with Gasteiger partial charge in [-0.2, -0.15) is 0 Å². The van der Waals surface area contributed by atoms with Gasteiger partial charge in [-0.05, 0) is 18.6 Å². The molecule has 0 aliphatic rings. The molecule has 0 aromatic heterocycles. The van der Waals surface area contributed by atoms with E-state index in [-0.39, 0.29) is 24.2 Å². The SMILES string of the molecule is COc1cc(C(=O)O)cc(C(N)CCC(=O)O)c1OC. The third-order valence-electron chi connectivity index (χ3n) is 2.82. The van der Waals surface area contributed by atoms with Crippen molar-refractivity contribution >= 4 is 11.9 Å². The highest BCUT2D eigenvalue weighted by atomic mass is 16.5. The molecule has 0 bridgehead atoms. The van der Waals surface area contributed by atoms with Crippen molar-refractivity contribution in [3.8, 4) is 11.5 Å². The molecule has 0 radical (unpaired) electrons. The van der Waals surface area contributed by atoms with Crippen LogP contribution in [0.1, 0.15) is 34.8 Å². The van der Waals surface area contributed by atoms with Crippen molar-refractivity contribution in [2.75, 3.05) is 14.2 Å². The zero-order valence-corrected chi connectivity index (χ0v) is 11.3. The summed E-state index contributed by atoms with van der Waals surface area (Å²) in [5.41, 5.74) is 6.33. The molecule has 0 spiro atoms. The quantitative estimate of drug-likeness (QED) is 0.689. The van der Waals surface area contributed by atoms with Crippen molar-refractivity contribution in [2.24, 2.45) is 5.73 Å². The van der Waals surface area contributed by atoms with E-state index in [4.69, 9.17) is 25.4 Å². The topological polar surface area (TPSA) is 119 Å². The maximum atomic E-state index is 11.1. The molecule has 0 saturated heterocycles. The minimum atomic E-state index is -1.13. The van der Waals surface area contributed by atoms with Crippen LogP contribution in [0.15, 0.2) is 12.1 Å². The van der Waals surface area contributed by atoms with E-state index in [0.29, 0.717) is 11.3 Å². The van der Waals surface area contributed by atoms with E-state index in [2.05, 4.69) is 0 Å². The van der Waals surface area contributed by atoms with Gasteiger partial charge < -0.3 is 25.4 Å². The number of benzene rings is 1. The monoisotopic (exact) mass is 283 g/mol. The van der Waals surface area contributed by atoms with Crippen LogP contribution >= 0.6 is 0 Å². The fraction of sp³-hybridized carbons (Fsp3) is 0.385. The first-order valence-corrected chi connectivity index (χ1v) is 5.87. The molecule has 1 aromatic rings. The maximum absolute atomic E-state index is 11.1. The normalized spacial score (nSPS) is 11.8. The molecule has 0 aliphatic carbocycles. The number of nitrogens with two attached hydrogens (primary N) is 1. The highest BCUT2D eigenvalue weighted by molar-refractivity contribution is 5.89. The number of hydrogen-bond acceptors (Lipinski definition) is 5. The van der Waals surface area contributed by atoms with Gasteiger partial charge in [0.15, 0.2) is 11.5 Å². The lowest BCUT2D eigenvalue weighted by Crippen LogP contribution is -2.15. The molecule has 0 heterocycles. The second-order valence-electron chi connectivity index (χ2n) is 4.15. The average Bonchev–Trinajstić information content (AvgIpc) is 2.42. The molecule has 1 rings (SSSR count). The number of carboxylic acid groups (broad SMARTS) is 2. The number of rotatable bonds is 7. The summed E-state index contributed by atoms with van der Waals surface area (Å²) in [5, 5.41) is 17.7. The summed E-state index contributed by atoms with van der Waals surface area (Å²) >= 11 is 0. The van der Waals surface area contributed by atoms with Gasteiger partial charge in [0.2, 0.25) is 0 Å². The van der Waals surface area contributed by atoms with Crippen LogP contribution in [0, 0.1) is 0 Å². The molecule has 110 valence electrons. The number of methoxy groups -OCH3 is 2. The summed E-state index contributed by atoms with van der Waals surface area (Å²) in [5.74, 6) is -1.54. The van der Waals surface area contributed by atoms with Crippen LogP contribution in [0.3, 0.4) is 0 Å². The summed E-state index contributed by atoms with van der Waals surface area (Å²) in [4.78, 5) is 21.7. The molecule has 0 fully saturated rings. The Bertz CT molecular complexity index is 514. The largest absolute Gasteiger partial charge is 0.493 e. The van der Waals surface area contributed by atoms with E-state index < -0.39 is 18.0 Å². The van der Waals surface area contributed by atoms with E-state index in [1.165, 1.54) is 26.4 Å². The van der Waals surface area contributed by atoms with Gasteiger partial charge in [0.25, 0.3) is 0 Å². The van der Waals surface area contributed by atoms with Crippen molar-refractivity contribution < 1.29 is 29.3 Å². The first-order valence-electron chi connectivity index (χ1n) is 5.87. The van der Waals surface area contributed by atoms with E-state index >= 15 is 0 Å². The molecule has 1 atom stereocenters. The summed E-state index contributed by atoms with van der Waals surface area (Å²) in [6.45, 7) is 0. The summed E-state index contributed by atoms with van der Waals surface area (Å²) in [6.07, 6.45) is 0.0435. The Hall–Kier alpha value is -2.28. The van der Waals surface area contributed by atoms with Crippen molar-refractivity contribution in [1.82, 2.24) is 0 Å². The first-order chi connectivity index (χ1) is 9.40. The molecule has 0 aliphatic heterocycles. The smallest absolute Gasteiger partial charge is 0.335 e. The lowest BCUT2D eigenvalue weighted by atomic mass is 9.98. The average molecular weight is 283 g/mol. The predicted octanol–water partition coefficient (Wildman–Crippen LogP) is 1.27. The fourth-order valence-electron chi connectivity index (χ4n) is 1.83. The molecule has 0 amide bonds. The third kappa shape index (κ3) is 3.61. The molecule has 0 saturated carbocycles. The Morgan fingerprint density at radius 3 is 2.35 bits per heavy atom. The van der Waals surface area contributed by atoms with Crippen LogP contribution in [0.5, 0.6) is 11.5 Å². The molecule has 1 aromatic carbocycles.